The molecule has 6 nitrogen and oxygen atoms in total. The quantitative estimate of drug-likeness (QED) is 0.630. The van der Waals surface area contributed by atoms with Gasteiger partial charge in [-0.2, -0.15) is 10.2 Å². The van der Waals surface area contributed by atoms with E-state index in [2.05, 4.69) is 11.1 Å². The molecule has 0 unspecified atom stereocenters. The lowest BCUT2D eigenvalue weighted by Crippen LogP contribution is -2.48. The van der Waals surface area contributed by atoms with Crippen LogP contribution in [0.4, 0.5) is 5.88 Å². The maximum Gasteiger partial charge on any atom is 0.253 e. The molecule has 1 fully saturated rings. The molecule has 7 heteroatoms. The Balaban J connectivity index is 1.46. The van der Waals surface area contributed by atoms with Gasteiger partial charge in [0.25, 0.3) is 5.91 Å². The van der Waals surface area contributed by atoms with Crippen molar-refractivity contribution >= 4 is 35.5 Å². The molecule has 2 heterocycles. The molecule has 1 aliphatic rings. The number of piperazine rings is 1. The molecule has 0 atom stereocenters. The minimum atomic E-state index is 0.0108. The number of oxazole rings is 1. The summed E-state index contributed by atoms with van der Waals surface area (Å²) in [5.74, 6) is 0.782. The number of nitrogens with zero attached hydrogens (tertiary/aromatic N) is 4. The van der Waals surface area contributed by atoms with Crippen molar-refractivity contribution in [2.75, 3.05) is 31.1 Å². The third kappa shape index (κ3) is 4.22. The predicted octanol–water partition coefficient (Wildman–Crippen LogP) is 4.33. The third-order valence-electron chi connectivity index (χ3n) is 4.92. The van der Waals surface area contributed by atoms with Crippen LogP contribution >= 0.6 is 11.6 Å². The van der Waals surface area contributed by atoms with Crippen LogP contribution in [0.1, 0.15) is 27.5 Å². The van der Waals surface area contributed by atoms with Gasteiger partial charge >= 0.3 is 0 Å². The lowest BCUT2D eigenvalue weighted by atomic mass is 10.2. The largest absolute Gasteiger partial charge is 0.420 e. The van der Waals surface area contributed by atoms with E-state index in [-0.39, 0.29) is 11.6 Å². The third-order valence-corrected chi connectivity index (χ3v) is 5.26. The number of halogens is 1. The van der Waals surface area contributed by atoms with E-state index in [0.29, 0.717) is 48.5 Å². The molecule has 1 aliphatic heterocycles. The van der Waals surface area contributed by atoms with E-state index >= 15 is 0 Å². The Bertz CT molecular complexity index is 1110. The molecule has 2 aromatic carbocycles. The van der Waals surface area contributed by atoms with Crippen LogP contribution in [0.3, 0.4) is 0 Å². The molecule has 4 rings (SSSR count). The zero-order chi connectivity index (χ0) is 20.9. The highest BCUT2D eigenvalue weighted by atomic mass is 35.5. The lowest BCUT2D eigenvalue weighted by molar-refractivity contribution is 0.0745. The molecule has 0 radical (unpaired) electrons. The fourth-order valence-electron chi connectivity index (χ4n) is 3.33. The highest BCUT2D eigenvalue weighted by Crippen LogP contribution is 2.25. The van der Waals surface area contributed by atoms with Crippen LogP contribution in [0.25, 0.3) is 12.2 Å². The molecule has 1 amide bonds. The fraction of sp³-hybridized carbons (Fsp3) is 0.174. The zero-order valence-electron chi connectivity index (χ0n) is 16.2. The van der Waals surface area contributed by atoms with Crippen LogP contribution in [-0.2, 0) is 0 Å². The number of rotatable bonds is 4. The fourth-order valence-corrected chi connectivity index (χ4v) is 3.53. The van der Waals surface area contributed by atoms with Crippen molar-refractivity contribution in [1.29, 1.82) is 5.26 Å². The molecule has 0 saturated carbocycles. The number of amides is 1. The Labute approximate surface area is 179 Å². The molecule has 0 bridgehead atoms. The van der Waals surface area contributed by atoms with Gasteiger partial charge in [0.1, 0.15) is 6.07 Å². The van der Waals surface area contributed by atoms with Crippen molar-refractivity contribution in [3.8, 4) is 6.07 Å². The highest BCUT2D eigenvalue weighted by Gasteiger charge is 2.26. The Morgan fingerprint density at radius 3 is 2.43 bits per heavy atom. The van der Waals surface area contributed by atoms with Crippen LogP contribution in [0.2, 0.25) is 5.02 Å². The van der Waals surface area contributed by atoms with Gasteiger partial charge in [0.2, 0.25) is 17.5 Å². The van der Waals surface area contributed by atoms with Gasteiger partial charge in [-0.3, -0.25) is 4.79 Å². The standard InChI is InChI=1S/C23H19ClN4O2/c24-19-9-5-4-6-17(19)10-11-21-26-20(16-25)23(30-21)28-14-12-27(13-15-28)22(29)18-7-2-1-3-8-18/h1-11H,12-15H2/b11-10+. The van der Waals surface area contributed by atoms with Gasteiger partial charge in [-0.1, -0.05) is 48.0 Å². The number of carbonyl (C=O) groups is 1. The van der Waals surface area contributed by atoms with Crippen LogP contribution in [0, 0.1) is 11.3 Å². The normalized spacial score (nSPS) is 14.1. The average molecular weight is 419 g/mol. The first-order valence-corrected chi connectivity index (χ1v) is 9.96. The monoisotopic (exact) mass is 418 g/mol. The number of nitriles is 1. The summed E-state index contributed by atoms with van der Waals surface area (Å²) in [4.78, 5) is 20.7. The van der Waals surface area contributed by atoms with E-state index in [1.54, 1.807) is 18.2 Å². The van der Waals surface area contributed by atoms with E-state index in [9.17, 15) is 10.1 Å². The molecule has 0 spiro atoms. The summed E-state index contributed by atoms with van der Waals surface area (Å²) < 4.78 is 5.85. The van der Waals surface area contributed by atoms with Gasteiger partial charge in [-0.25, -0.2) is 0 Å². The van der Waals surface area contributed by atoms with Crippen molar-refractivity contribution in [1.82, 2.24) is 9.88 Å². The summed E-state index contributed by atoms with van der Waals surface area (Å²) in [6, 6.07) is 18.8. The number of aromatic nitrogens is 1. The SMILES string of the molecule is N#Cc1nc(/C=C/c2ccccc2Cl)oc1N1CCN(C(=O)c2ccccc2)CC1. The average Bonchev–Trinajstić information content (AvgIpc) is 3.22. The van der Waals surface area contributed by atoms with E-state index in [1.165, 1.54) is 0 Å². The molecule has 0 aliphatic carbocycles. The minimum absolute atomic E-state index is 0.0108. The number of carbonyl (C=O) groups excluding carboxylic acids is 1. The Morgan fingerprint density at radius 2 is 1.73 bits per heavy atom. The van der Waals surface area contributed by atoms with Crippen molar-refractivity contribution in [3.05, 3.63) is 82.3 Å². The molecule has 3 aromatic rings. The number of hydrogen-bond acceptors (Lipinski definition) is 5. The second kappa shape index (κ2) is 8.85. The smallest absolute Gasteiger partial charge is 0.253 e. The van der Waals surface area contributed by atoms with E-state index in [1.807, 2.05) is 58.3 Å². The molecular weight excluding hydrogens is 400 g/mol. The van der Waals surface area contributed by atoms with E-state index in [4.69, 9.17) is 16.0 Å². The molecule has 0 N–H and O–H groups in total. The van der Waals surface area contributed by atoms with Crippen LogP contribution in [-0.4, -0.2) is 42.0 Å². The van der Waals surface area contributed by atoms with Crippen LogP contribution in [0.15, 0.2) is 59.0 Å². The van der Waals surface area contributed by atoms with Gasteiger partial charge in [-0.15, -0.1) is 0 Å². The molecule has 150 valence electrons. The number of hydrogen-bond donors (Lipinski definition) is 0. The summed E-state index contributed by atoms with van der Waals surface area (Å²) in [5, 5.41) is 10.1. The topological polar surface area (TPSA) is 73.4 Å². The molecular formula is C23H19ClN4O2. The first-order chi connectivity index (χ1) is 14.7. The molecule has 1 aromatic heterocycles. The second-order valence-corrected chi connectivity index (χ2v) is 7.22. The van der Waals surface area contributed by atoms with Gasteiger partial charge in [-0.05, 0) is 29.8 Å². The maximum atomic E-state index is 12.6. The summed E-state index contributed by atoms with van der Waals surface area (Å²) in [5.41, 5.74) is 1.75. The van der Waals surface area contributed by atoms with Crippen molar-refractivity contribution < 1.29 is 9.21 Å². The molecule has 30 heavy (non-hydrogen) atoms. The minimum Gasteiger partial charge on any atom is -0.420 e. The summed E-state index contributed by atoms with van der Waals surface area (Å²) >= 11 is 6.16. The zero-order valence-corrected chi connectivity index (χ0v) is 16.9. The van der Waals surface area contributed by atoms with Crippen molar-refractivity contribution in [2.24, 2.45) is 0 Å². The van der Waals surface area contributed by atoms with Gasteiger partial charge in [0.05, 0.1) is 0 Å². The number of benzene rings is 2. The Hall–Kier alpha value is -3.56. The second-order valence-electron chi connectivity index (χ2n) is 6.82. The Kier molecular flexibility index (Phi) is 5.82. The summed E-state index contributed by atoms with van der Waals surface area (Å²) in [7, 11) is 0. The molecule has 1 saturated heterocycles. The highest BCUT2D eigenvalue weighted by molar-refractivity contribution is 6.32. The maximum absolute atomic E-state index is 12.6. The van der Waals surface area contributed by atoms with Crippen molar-refractivity contribution in [3.63, 3.8) is 0 Å². The first-order valence-electron chi connectivity index (χ1n) is 9.58. The number of anilines is 1. The lowest BCUT2D eigenvalue weighted by Gasteiger charge is -2.34. The predicted molar refractivity (Wildman–Crippen MR) is 116 cm³/mol. The van der Waals surface area contributed by atoms with Gasteiger partial charge < -0.3 is 14.2 Å². The van der Waals surface area contributed by atoms with Gasteiger partial charge in [0, 0.05) is 42.8 Å². The summed E-state index contributed by atoms with van der Waals surface area (Å²) in [6.45, 7) is 2.22. The van der Waals surface area contributed by atoms with Crippen molar-refractivity contribution in [2.45, 2.75) is 0 Å². The van der Waals surface area contributed by atoms with E-state index < -0.39 is 0 Å². The van der Waals surface area contributed by atoms with Crippen LogP contribution < -0.4 is 4.90 Å². The van der Waals surface area contributed by atoms with Gasteiger partial charge in [0.15, 0.2) is 0 Å². The Morgan fingerprint density at radius 1 is 1.03 bits per heavy atom. The summed E-state index contributed by atoms with van der Waals surface area (Å²) in [6.07, 6.45) is 3.50. The first kappa shape index (κ1) is 19.7. The van der Waals surface area contributed by atoms with Crippen LogP contribution in [0.5, 0.6) is 0 Å². The van der Waals surface area contributed by atoms with E-state index in [0.717, 1.165) is 5.56 Å².